The van der Waals surface area contributed by atoms with Crippen LogP contribution in [0.3, 0.4) is 0 Å². The summed E-state index contributed by atoms with van der Waals surface area (Å²) in [6, 6.07) is 9.51. The highest BCUT2D eigenvalue weighted by atomic mass is 32.2. The quantitative estimate of drug-likeness (QED) is 0.696. The van der Waals surface area contributed by atoms with E-state index in [-0.39, 0.29) is 5.75 Å². The Morgan fingerprint density at radius 2 is 1.89 bits per heavy atom. The maximum absolute atomic E-state index is 10.9. The number of benzene rings is 1. The van der Waals surface area contributed by atoms with Crippen LogP contribution in [0.15, 0.2) is 30.3 Å². The fourth-order valence-electron chi connectivity index (χ4n) is 1.66. The van der Waals surface area contributed by atoms with E-state index in [4.69, 9.17) is 0 Å². The molecule has 0 amide bonds. The summed E-state index contributed by atoms with van der Waals surface area (Å²) in [7, 11) is -2.86. The van der Waals surface area contributed by atoms with Crippen LogP contribution in [0.1, 0.15) is 24.5 Å². The summed E-state index contributed by atoms with van der Waals surface area (Å²) in [5.41, 5.74) is 0.912. The van der Waals surface area contributed by atoms with Gasteiger partial charge in [0.15, 0.2) is 0 Å². The third kappa shape index (κ3) is 6.74. The predicted octanol–water partition coefficient (Wildman–Crippen LogP) is 1.13. The predicted molar refractivity (Wildman–Crippen MR) is 73.2 cm³/mol. The monoisotopic (exact) mass is 271 g/mol. The standard InChI is InChI=1S/C13H21NO3S/c1-18(16,17)11-5-9-14-10-8-13(15)12-6-3-2-4-7-12/h2-4,6-7,13-15H,5,8-11H2,1H3/t13-/m1/s1. The lowest BCUT2D eigenvalue weighted by Gasteiger charge is -2.11. The van der Waals surface area contributed by atoms with Gasteiger partial charge in [-0.05, 0) is 31.5 Å². The first-order valence-corrected chi connectivity index (χ1v) is 8.16. The van der Waals surface area contributed by atoms with E-state index < -0.39 is 15.9 Å². The molecule has 0 aromatic heterocycles. The van der Waals surface area contributed by atoms with Crippen molar-refractivity contribution in [3.05, 3.63) is 35.9 Å². The summed E-state index contributed by atoms with van der Waals surface area (Å²) in [6.45, 7) is 1.34. The van der Waals surface area contributed by atoms with Crippen LogP contribution in [0.2, 0.25) is 0 Å². The van der Waals surface area contributed by atoms with E-state index in [1.54, 1.807) is 0 Å². The van der Waals surface area contributed by atoms with Gasteiger partial charge in [-0.2, -0.15) is 0 Å². The lowest BCUT2D eigenvalue weighted by atomic mass is 10.1. The highest BCUT2D eigenvalue weighted by molar-refractivity contribution is 7.90. The number of nitrogens with one attached hydrogen (secondary N) is 1. The van der Waals surface area contributed by atoms with Crippen molar-refractivity contribution in [2.24, 2.45) is 0 Å². The molecule has 0 radical (unpaired) electrons. The summed E-state index contributed by atoms with van der Waals surface area (Å²) in [4.78, 5) is 0. The minimum atomic E-state index is -2.86. The van der Waals surface area contributed by atoms with E-state index in [2.05, 4.69) is 5.32 Å². The van der Waals surface area contributed by atoms with Crippen LogP contribution in [0, 0.1) is 0 Å². The summed E-state index contributed by atoms with van der Waals surface area (Å²) in [5.74, 6) is 0.210. The third-order valence-electron chi connectivity index (χ3n) is 2.65. The van der Waals surface area contributed by atoms with Crippen molar-refractivity contribution >= 4 is 9.84 Å². The van der Waals surface area contributed by atoms with Crippen molar-refractivity contribution in [1.29, 1.82) is 0 Å². The molecule has 1 aromatic carbocycles. The SMILES string of the molecule is CS(=O)(=O)CCCNCC[C@@H](O)c1ccccc1. The summed E-state index contributed by atoms with van der Waals surface area (Å²) in [5, 5.41) is 13.0. The average molecular weight is 271 g/mol. The number of aliphatic hydroxyl groups excluding tert-OH is 1. The summed E-state index contributed by atoms with van der Waals surface area (Å²) < 4.78 is 21.8. The Kier molecular flexibility index (Phi) is 6.32. The molecule has 2 N–H and O–H groups in total. The van der Waals surface area contributed by atoms with Crippen molar-refractivity contribution in [3.63, 3.8) is 0 Å². The van der Waals surface area contributed by atoms with E-state index in [1.165, 1.54) is 6.26 Å². The fraction of sp³-hybridized carbons (Fsp3) is 0.538. The molecule has 18 heavy (non-hydrogen) atoms. The Labute approximate surface area is 109 Å². The van der Waals surface area contributed by atoms with Gasteiger partial charge in [-0.25, -0.2) is 8.42 Å². The molecule has 0 saturated carbocycles. The fourth-order valence-corrected chi connectivity index (χ4v) is 2.33. The molecule has 0 spiro atoms. The van der Waals surface area contributed by atoms with Gasteiger partial charge >= 0.3 is 0 Å². The van der Waals surface area contributed by atoms with E-state index in [1.807, 2.05) is 30.3 Å². The second kappa shape index (κ2) is 7.51. The smallest absolute Gasteiger partial charge is 0.147 e. The number of sulfone groups is 1. The second-order valence-corrected chi connectivity index (χ2v) is 6.71. The molecule has 1 aromatic rings. The van der Waals surface area contributed by atoms with Crippen molar-refractivity contribution in [3.8, 4) is 0 Å². The number of rotatable bonds is 8. The zero-order valence-corrected chi connectivity index (χ0v) is 11.5. The Morgan fingerprint density at radius 1 is 1.22 bits per heavy atom. The molecule has 102 valence electrons. The Balaban J connectivity index is 2.12. The maximum Gasteiger partial charge on any atom is 0.147 e. The Morgan fingerprint density at radius 3 is 2.50 bits per heavy atom. The van der Waals surface area contributed by atoms with E-state index in [0.29, 0.717) is 25.9 Å². The summed E-state index contributed by atoms with van der Waals surface area (Å²) >= 11 is 0. The molecule has 1 atom stereocenters. The molecule has 0 saturated heterocycles. The van der Waals surface area contributed by atoms with Gasteiger partial charge in [0, 0.05) is 6.26 Å². The van der Waals surface area contributed by atoms with Crippen molar-refractivity contribution in [2.75, 3.05) is 25.1 Å². The zero-order valence-electron chi connectivity index (χ0n) is 10.7. The maximum atomic E-state index is 10.9. The molecule has 0 aliphatic carbocycles. The minimum Gasteiger partial charge on any atom is -0.388 e. The van der Waals surface area contributed by atoms with E-state index >= 15 is 0 Å². The molecular weight excluding hydrogens is 250 g/mol. The van der Waals surface area contributed by atoms with Crippen molar-refractivity contribution in [1.82, 2.24) is 5.32 Å². The van der Waals surface area contributed by atoms with Gasteiger partial charge in [0.1, 0.15) is 9.84 Å². The number of aliphatic hydroxyl groups is 1. The highest BCUT2D eigenvalue weighted by Gasteiger charge is 2.06. The van der Waals surface area contributed by atoms with Gasteiger partial charge in [-0.3, -0.25) is 0 Å². The highest BCUT2D eigenvalue weighted by Crippen LogP contribution is 2.14. The van der Waals surface area contributed by atoms with Crippen LogP contribution < -0.4 is 5.32 Å². The number of hydrogen-bond acceptors (Lipinski definition) is 4. The van der Waals surface area contributed by atoms with Gasteiger partial charge in [0.25, 0.3) is 0 Å². The van der Waals surface area contributed by atoms with Crippen LogP contribution in [-0.2, 0) is 9.84 Å². The van der Waals surface area contributed by atoms with Crippen molar-refractivity contribution in [2.45, 2.75) is 18.9 Å². The molecule has 0 aliphatic rings. The van der Waals surface area contributed by atoms with Crippen LogP contribution >= 0.6 is 0 Å². The number of hydrogen-bond donors (Lipinski definition) is 2. The topological polar surface area (TPSA) is 66.4 Å². The van der Waals surface area contributed by atoms with Gasteiger partial charge in [0.2, 0.25) is 0 Å². The Bertz CT molecular complexity index is 431. The van der Waals surface area contributed by atoms with E-state index in [9.17, 15) is 13.5 Å². The summed E-state index contributed by atoms with van der Waals surface area (Å²) in [6.07, 6.45) is 2.02. The van der Waals surface area contributed by atoms with Crippen LogP contribution in [0.4, 0.5) is 0 Å². The van der Waals surface area contributed by atoms with Gasteiger partial charge in [0.05, 0.1) is 11.9 Å². The van der Waals surface area contributed by atoms with Crippen LogP contribution in [0.25, 0.3) is 0 Å². The zero-order chi connectivity index (χ0) is 13.4. The first-order chi connectivity index (χ1) is 8.49. The van der Waals surface area contributed by atoms with E-state index in [0.717, 1.165) is 5.56 Å². The van der Waals surface area contributed by atoms with Gasteiger partial charge < -0.3 is 10.4 Å². The lowest BCUT2D eigenvalue weighted by molar-refractivity contribution is 0.167. The molecule has 0 unspecified atom stereocenters. The first kappa shape index (κ1) is 15.1. The molecule has 0 bridgehead atoms. The molecule has 0 heterocycles. The lowest BCUT2D eigenvalue weighted by Crippen LogP contribution is -2.21. The molecule has 0 fully saturated rings. The molecule has 1 rings (SSSR count). The Hall–Kier alpha value is -0.910. The average Bonchev–Trinajstić information content (AvgIpc) is 2.33. The molecule has 5 heteroatoms. The van der Waals surface area contributed by atoms with Gasteiger partial charge in [-0.1, -0.05) is 30.3 Å². The largest absolute Gasteiger partial charge is 0.388 e. The second-order valence-electron chi connectivity index (χ2n) is 4.45. The molecule has 4 nitrogen and oxygen atoms in total. The minimum absolute atomic E-state index is 0.210. The van der Waals surface area contributed by atoms with Crippen molar-refractivity contribution < 1.29 is 13.5 Å². The van der Waals surface area contributed by atoms with Gasteiger partial charge in [-0.15, -0.1) is 0 Å². The normalized spacial score (nSPS) is 13.4. The molecular formula is C13H21NO3S. The molecule has 0 aliphatic heterocycles. The first-order valence-electron chi connectivity index (χ1n) is 6.10. The third-order valence-corrected chi connectivity index (χ3v) is 3.68. The van der Waals surface area contributed by atoms with Crippen LogP contribution in [0.5, 0.6) is 0 Å². The van der Waals surface area contributed by atoms with Crippen LogP contribution in [-0.4, -0.2) is 38.6 Å².